The number of aryl methyl sites for hydroxylation is 4. The number of halogens is 1. The fourth-order valence-corrected chi connectivity index (χ4v) is 3.85. The van der Waals surface area contributed by atoms with Crippen LogP contribution in [0.4, 0.5) is 4.39 Å². The number of aromatic nitrogens is 4. The summed E-state index contributed by atoms with van der Waals surface area (Å²) in [5.41, 5.74) is 3.87. The molecule has 0 fully saturated rings. The van der Waals surface area contributed by atoms with Crippen LogP contribution in [0.2, 0.25) is 0 Å². The molecule has 154 valence electrons. The van der Waals surface area contributed by atoms with Crippen LogP contribution >= 0.6 is 0 Å². The molecule has 2 aromatic rings. The minimum Gasteiger partial charge on any atom is -0.322 e. The highest BCUT2D eigenvalue weighted by atomic mass is 19.1. The lowest BCUT2D eigenvalue weighted by molar-refractivity contribution is 0.624. The molecule has 4 rings (SSSR count). The first kappa shape index (κ1) is 19.9. The van der Waals surface area contributed by atoms with Gasteiger partial charge < -0.3 is 4.57 Å². The monoisotopic (exact) mass is 406 g/mol. The Bertz CT molecular complexity index is 1290. The van der Waals surface area contributed by atoms with Gasteiger partial charge in [0.2, 0.25) is 0 Å². The summed E-state index contributed by atoms with van der Waals surface area (Å²) in [6, 6.07) is 10.5. The van der Waals surface area contributed by atoms with Crippen molar-refractivity contribution in [2.24, 2.45) is 0 Å². The summed E-state index contributed by atoms with van der Waals surface area (Å²) in [7, 11) is 0. The first-order chi connectivity index (χ1) is 14.5. The average molecular weight is 406 g/mol. The van der Waals surface area contributed by atoms with E-state index in [-0.39, 0.29) is 11.5 Å². The summed E-state index contributed by atoms with van der Waals surface area (Å²) < 4.78 is 15.1. The summed E-state index contributed by atoms with van der Waals surface area (Å²) in [6.45, 7) is 4.72. The van der Waals surface area contributed by atoms with Gasteiger partial charge in [-0.2, -0.15) is 4.98 Å². The predicted octanol–water partition coefficient (Wildman–Crippen LogP) is 3.62. The third kappa shape index (κ3) is 3.87. The predicted molar refractivity (Wildman–Crippen MR) is 114 cm³/mol. The maximum absolute atomic E-state index is 13.2. The van der Waals surface area contributed by atoms with E-state index in [1.807, 2.05) is 17.6 Å². The van der Waals surface area contributed by atoms with E-state index in [2.05, 4.69) is 27.9 Å². The number of nitrogens with zero attached hydrogens (tertiary/aromatic N) is 3. The molecule has 2 aliphatic rings. The molecule has 0 saturated carbocycles. The average Bonchev–Trinajstić information content (AvgIpc) is 2.71. The number of benzene rings is 2. The smallest absolute Gasteiger partial charge is 0.322 e. The van der Waals surface area contributed by atoms with Gasteiger partial charge in [-0.1, -0.05) is 25.5 Å². The summed E-state index contributed by atoms with van der Waals surface area (Å²) in [6.07, 6.45) is 3.43. The van der Waals surface area contributed by atoms with E-state index >= 15 is 0 Å². The maximum atomic E-state index is 13.2. The fraction of sp³-hybridized carbons (Fsp3) is 0.304. The molecule has 6 nitrogen and oxygen atoms in total. The lowest BCUT2D eigenvalue weighted by Crippen LogP contribution is -2.29. The van der Waals surface area contributed by atoms with Gasteiger partial charge in [0.15, 0.2) is 11.5 Å². The Morgan fingerprint density at radius 3 is 2.57 bits per heavy atom. The van der Waals surface area contributed by atoms with Crippen molar-refractivity contribution in [3.63, 3.8) is 0 Å². The van der Waals surface area contributed by atoms with Gasteiger partial charge in [0.1, 0.15) is 5.82 Å². The van der Waals surface area contributed by atoms with Crippen LogP contribution in [-0.4, -0.2) is 19.5 Å². The number of hydrogen-bond donors (Lipinski definition) is 1. The van der Waals surface area contributed by atoms with E-state index in [1.165, 1.54) is 17.7 Å². The Morgan fingerprint density at radius 2 is 1.83 bits per heavy atom. The molecular weight excluding hydrogens is 383 g/mol. The Hall–Kier alpha value is -3.35. The van der Waals surface area contributed by atoms with Crippen LogP contribution in [0.3, 0.4) is 0 Å². The van der Waals surface area contributed by atoms with Gasteiger partial charge >= 0.3 is 5.69 Å². The molecule has 30 heavy (non-hydrogen) atoms. The highest BCUT2D eigenvalue weighted by Crippen LogP contribution is 2.25. The van der Waals surface area contributed by atoms with Crippen molar-refractivity contribution >= 4 is 11.0 Å². The Kier molecular flexibility index (Phi) is 5.44. The number of aromatic amines is 1. The number of H-pyrrole nitrogens is 1. The summed E-state index contributed by atoms with van der Waals surface area (Å²) >= 11 is 0. The fourth-order valence-electron chi connectivity index (χ4n) is 3.85. The summed E-state index contributed by atoms with van der Waals surface area (Å²) in [5, 5.41) is 0. The Labute approximate surface area is 172 Å². The first-order valence-electron chi connectivity index (χ1n) is 10.1. The molecule has 0 spiro atoms. The zero-order valence-corrected chi connectivity index (χ0v) is 17.0. The molecule has 1 N–H and O–H groups in total. The van der Waals surface area contributed by atoms with Crippen molar-refractivity contribution in [1.29, 1.82) is 0 Å². The third-order valence-electron chi connectivity index (χ3n) is 5.35. The van der Waals surface area contributed by atoms with Crippen molar-refractivity contribution in [3.05, 3.63) is 79.7 Å². The molecule has 2 aromatic carbocycles. The zero-order chi connectivity index (χ0) is 21.3. The van der Waals surface area contributed by atoms with Crippen LogP contribution in [0.15, 0.2) is 46.0 Å². The normalized spacial score (nSPS) is 11.4. The quantitative estimate of drug-likeness (QED) is 0.496. The van der Waals surface area contributed by atoms with Crippen molar-refractivity contribution < 1.29 is 4.39 Å². The van der Waals surface area contributed by atoms with E-state index in [9.17, 15) is 14.0 Å². The zero-order valence-electron chi connectivity index (χ0n) is 17.0. The van der Waals surface area contributed by atoms with Crippen LogP contribution in [-0.2, 0) is 19.4 Å². The van der Waals surface area contributed by atoms with Crippen LogP contribution in [0.5, 0.6) is 0 Å². The van der Waals surface area contributed by atoms with Crippen molar-refractivity contribution in [1.82, 2.24) is 19.5 Å². The second-order valence-electron chi connectivity index (χ2n) is 7.55. The lowest BCUT2D eigenvalue weighted by Gasteiger charge is -2.18. The molecule has 0 unspecified atom stereocenters. The van der Waals surface area contributed by atoms with Gasteiger partial charge in [-0.25, -0.2) is 14.2 Å². The molecule has 2 heterocycles. The van der Waals surface area contributed by atoms with Gasteiger partial charge in [-0.3, -0.25) is 9.78 Å². The number of fused-ring (bicyclic) bond motifs is 2. The van der Waals surface area contributed by atoms with E-state index in [0.29, 0.717) is 17.9 Å². The van der Waals surface area contributed by atoms with Crippen LogP contribution in [0.1, 0.15) is 36.5 Å². The van der Waals surface area contributed by atoms with Crippen LogP contribution in [0, 0.1) is 12.7 Å². The van der Waals surface area contributed by atoms with Crippen molar-refractivity contribution in [2.75, 3.05) is 0 Å². The van der Waals surface area contributed by atoms with Gasteiger partial charge in [-0.15, -0.1) is 0 Å². The van der Waals surface area contributed by atoms with Crippen molar-refractivity contribution in [3.8, 4) is 11.5 Å². The van der Waals surface area contributed by atoms with Gasteiger partial charge in [0.25, 0.3) is 5.56 Å². The minimum atomic E-state index is -0.679. The highest BCUT2D eigenvalue weighted by Gasteiger charge is 2.19. The first-order valence-corrected chi connectivity index (χ1v) is 10.1. The summed E-state index contributed by atoms with van der Waals surface area (Å²) in [5.74, 6) is 0.0335. The molecular formula is C23H23FN4O2. The molecule has 0 bridgehead atoms. The summed E-state index contributed by atoms with van der Waals surface area (Å²) in [4.78, 5) is 35.0. The van der Waals surface area contributed by atoms with E-state index in [4.69, 9.17) is 0 Å². The Morgan fingerprint density at radius 1 is 1.07 bits per heavy atom. The molecule has 0 saturated heterocycles. The Balaban J connectivity index is 1.82. The maximum Gasteiger partial charge on any atom is 0.349 e. The largest absolute Gasteiger partial charge is 0.349 e. The molecule has 0 aliphatic carbocycles. The highest BCUT2D eigenvalue weighted by molar-refractivity contribution is 5.81. The second kappa shape index (κ2) is 8.18. The molecule has 0 aromatic heterocycles. The SMILES string of the molecule is CCCc1cc2c(cc1C)nc1c(=O)[nH]c(=O)nc-1n2CCCc1ccc(F)cc1. The van der Waals surface area contributed by atoms with Crippen LogP contribution in [0.25, 0.3) is 22.6 Å². The van der Waals surface area contributed by atoms with Crippen LogP contribution < -0.4 is 11.2 Å². The van der Waals surface area contributed by atoms with E-state index in [1.54, 1.807) is 12.1 Å². The number of rotatable bonds is 6. The molecule has 0 radical (unpaired) electrons. The topological polar surface area (TPSA) is 80.6 Å². The minimum absolute atomic E-state index is 0.159. The second-order valence-corrected chi connectivity index (χ2v) is 7.55. The van der Waals surface area contributed by atoms with Crippen molar-refractivity contribution in [2.45, 2.75) is 46.1 Å². The van der Waals surface area contributed by atoms with E-state index in [0.717, 1.165) is 42.3 Å². The third-order valence-corrected chi connectivity index (χ3v) is 5.35. The number of nitrogens with one attached hydrogen (secondary N) is 1. The van der Waals surface area contributed by atoms with Gasteiger partial charge in [0, 0.05) is 6.54 Å². The molecule has 0 atom stereocenters. The van der Waals surface area contributed by atoms with E-state index < -0.39 is 11.2 Å². The van der Waals surface area contributed by atoms with Gasteiger partial charge in [0.05, 0.1) is 11.0 Å². The standard InChI is InChI=1S/C23H23FN4O2/c1-3-5-16-13-19-18(12-14(16)2)25-20-21(26-23(30)27-22(20)29)28(19)11-4-6-15-7-9-17(24)10-8-15/h7-10,12-13H,3-6,11H2,1-2H3,(H,27,29,30). The lowest BCUT2D eigenvalue weighted by atomic mass is 10.0. The molecule has 7 heteroatoms. The number of hydrogen-bond acceptors (Lipinski definition) is 4. The van der Waals surface area contributed by atoms with Gasteiger partial charge in [-0.05, 0) is 67.1 Å². The molecule has 2 aliphatic heterocycles. The molecule has 0 amide bonds.